The zero-order chi connectivity index (χ0) is 17.9. The summed E-state index contributed by atoms with van der Waals surface area (Å²) in [5.74, 6) is 0.284. The molecular formula is C15H17F3N4O2. The predicted octanol–water partition coefficient (Wildman–Crippen LogP) is 3.55. The van der Waals surface area contributed by atoms with Gasteiger partial charge in [0, 0.05) is 30.6 Å². The number of benzene rings is 1. The summed E-state index contributed by atoms with van der Waals surface area (Å²) in [4.78, 5) is 16.1. The Kier molecular flexibility index (Phi) is 5.23. The van der Waals surface area contributed by atoms with Gasteiger partial charge >= 0.3 is 6.18 Å². The summed E-state index contributed by atoms with van der Waals surface area (Å²) in [6.07, 6.45) is -1.71. The van der Waals surface area contributed by atoms with Crippen molar-refractivity contribution in [1.29, 1.82) is 0 Å². The highest BCUT2D eigenvalue weighted by atomic mass is 19.4. The maximum Gasteiger partial charge on any atom is 0.406 e. The molecule has 1 aromatic carbocycles. The molecule has 130 valence electrons. The first-order valence-electron chi connectivity index (χ1n) is 7.19. The van der Waals surface area contributed by atoms with E-state index in [2.05, 4.69) is 4.98 Å². The van der Waals surface area contributed by atoms with E-state index in [0.29, 0.717) is 5.56 Å². The average molecular weight is 342 g/mol. The van der Waals surface area contributed by atoms with Gasteiger partial charge in [-0.05, 0) is 19.5 Å². The van der Waals surface area contributed by atoms with Gasteiger partial charge in [0.05, 0.1) is 11.5 Å². The van der Waals surface area contributed by atoms with Crippen LogP contribution in [0.2, 0.25) is 0 Å². The fourth-order valence-electron chi connectivity index (χ4n) is 2.34. The molecule has 9 heteroatoms. The van der Waals surface area contributed by atoms with Gasteiger partial charge in [0.15, 0.2) is 0 Å². The maximum absolute atomic E-state index is 12.6. The average Bonchev–Trinajstić information content (AvgIpc) is 2.91. The smallest absolute Gasteiger partial charge is 0.325 e. The van der Waals surface area contributed by atoms with Crippen LogP contribution in [-0.4, -0.2) is 32.6 Å². The molecule has 0 aliphatic carbocycles. The Balaban J connectivity index is 2.12. The zero-order valence-electron chi connectivity index (χ0n) is 13.2. The third-order valence-electron chi connectivity index (χ3n) is 3.77. The molecule has 0 bridgehead atoms. The van der Waals surface area contributed by atoms with Crippen molar-refractivity contribution in [1.82, 2.24) is 14.5 Å². The van der Waals surface area contributed by atoms with E-state index in [9.17, 15) is 23.3 Å². The molecular weight excluding hydrogens is 325 g/mol. The van der Waals surface area contributed by atoms with Crippen LogP contribution >= 0.6 is 0 Å². The number of imidazole rings is 1. The summed E-state index contributed by atoms with van der Waals surface area (Å²) in [7, 11) is 1.73. The summed E-state index contributed by atoms with van der Waals surface area (Å²) < 4.78 is 38.7. The van der Waals surface area contributed by atoms with Crippen LogP contribution in [-0.2, 0) is 13.1 Å². The highest BCUT2D eigenvalue weighted by Gasteiger charge is 2.29. The van der Waals surface area contributed by atoms with Gasteiger partial charge in [-0.3, -0.25) is 15.0 Å². The van der Waals surface area contributed by atoms with Gasteiger partial charge in [0.2, 0.25) is 0 Å². The van der Waals surface area contributed by atoms with E-state index in [1.165, 1.54) is 24.5 Å². The number of hydrogen-bond donors (Lipinski definition) is 0. The van der Waals surface area contributed by atoms with Crippen molar-refractivity contribution in [2.45, 2.75) is 32.2 Å². The lowest BCUT2D eigenvalue weighted by Gasteiger charge is -2.25. The molecule has 0 fully saturated rings. The molecule has 0 aliphatic rings. The van der Waals surface area contributed by atoms with E-state index in [1.54, 1.807) is 24.1 Å². The van der Waals surface area contributed by atoms with E-state index in [4.69, 9.17) is 0 Å². The number of halogens is 3. The lowest BCUT2D eigenvalue weighted by molar-refractivity contribution is -0.384. The van der Waals surface area contributed by atoms with E-state index in [-0.39, 0.29) is 24.1 Å². The van der Waals surface area contributed by atoms with Gasteiger partial charge < -0.3 is 4.57 Å². The largest absolute Gasteiger partial charge is 0.406 e. The first-order valence-corrected chi connectivity index (χ1v) is 7.19. The molecule has 0 saturated heterocycles. The van der Waals surface area contributed by atoms with Gasteiger partial charge in [0.25, 0.3) is 5.69 Å². The second kappa shape index (κ2) is 7.00. The van der Waals surface area contributed by atoms with Crippen LogP contribution in [0.3, 0.4) is 0 Å². The molecule has 0 saturated carbocycles. The first kappa shape index (κ1) is 17.9. The van der Waals surface area contributed by atoms with Crippen molar-refractivity contribution in [2.24, 2.45) is 0 Å². The Morgan fingerprint density at radius 2 is 2.12 bits per heavy atom. The van der Waals surface area contributed by atoms with Gasteiger partial charge in [-0.25, -0.2) is 4.98 Å². The second-order valence-corrected chi connectivity index (χ2v) is 5.53. The van der Waals surface area contributed by atoms with Crippen molar-refractivity contribution >= 4 is 5.69 Å². The molecule has 6 nitrogen and oxygen atoms in total. The number of hydrogen-bond acceptors (Lipinski definition) is 4. The van der Waals surface area contributed by atoms with E-state index < -0.39 is 17.6 Å². The number of non-ortho nitro benzene ring substituents is 1. The molecule has 1 atom stereocenters. The molecule has 24 heavy (non-hydrogen) atoms. The predicted molar refractivity (Wildman–Crippen MR) is 81.3 cm³/mol. The number of nitro benzene ring substituents is 1. The number of rotatable bonds is 6. The molecule has 0 radical (unpaired) electrons. The minimum atomic E-state index is -4.32. The molecule has 2 aromatic rings. The highest BCUT2D eigenvalue weighted by Crippen LogP contribution is 2.25. The van der Waals surface area contributed by atoms with Crippen molar-refractivity contribution in [3.63, 3.8) is 0 Å². The van der Waals surface area contributed by atoms with Crippen LogP contribution in [0.15, 0.2) is 36.7 Å². The first-order chi connectivity index (χ1) is 11.2. The fourth-order valence-corrected chi connectivity index (χ4v) is 2.34. The quantitative estimate of drug-likeness (QED) is 0.595. The Hall–Kier alpha value is -2.42. The van der Waals surface area contributed by atoms with E-state index >= 15 is 0 Å². The van der Waals surface area contributed by atoms with Crippen LogP contribution in [0.1, 0.15) is 24.4 Å². The molecule has 1 unspecified atom stereocenters. The lowest BCUT2D eigenvalue weighted by atomic mass is 10.1. The van der Waals surface area contributed by atoms with Gasteiger partial charge in [-0.15, -0.1) is 0 Å². The van der Waals surface area contributed by atoms with Crippen LogP contribution in [0.4, 0.5) is 18.9 Å². The zero-order valence-corrected chi connectivity index (χ0v) is 13.2. The number of nitro groups is 1. The molecule has 0 aliphatic heterocycles. The van der Waals surface area contributed by atoms with Gasteiger partial charge in [-0.2, -0.15) is 13.2 Å². The monoisotopic (exact) mass is 342 g/mol. The fraction of sp³-hybridized carbons (Fsp3) is 0.400. The Bertz CT molecular complexity index is 715. The number of aromatic nitrogens is 2. The third-order valence-corrected chi connectivity index (χ3v) is 3.77. The number of alkyl halides is 3. The normalized spacial score (nSPS) is 13.2. The van der Waals surface area contributed by atoms with Crippen molar-refractivity contribution in [2.75, 3.05) is 7.05 Å². The molecule has 1 aromatic heterocycles. The lowest BCUT2D eigenvalue weighted by Crippen LogP contribution is -2.26. The van der Waals surface area contributed by atoms with Crippen molar-refractivity contribution in [3.05, 3.63) is 58.2 Å². The molecule has 2 rings (SSSR count). The molecule has 0 spiro atoms. The second-order valence-electron chi connectivity index (χ2n) is 5.53. The Labute approximate surface area is 136 Å². The Morgan fingerprint density at radius 1 is 1.42 bits per heavy atom. The summed E-state index contributed by atoms with van der Waals surface area (Å²) in [6, 6.07) is 5.97. The molecule has 0 N–H and O–H groups in total. The van der Waals surface area contributed by atoms with Gasteiger partial charge in [-0.1, -0.05) is 12.1 Å². The van der Waals surface area contributed by atoms with Crippen LogP contribution in [0.25, 0.3) is 0 Å². The SMILES string of the molecule is CC(c1cccc([N+](=O)[O-])c1)N(C)Cc1nccn1CC(F)(F)F. The van der Waals surface area contributed by atoms with E-state index in [0.717, 1.165) is 4.57 Å². The van der Waals surface area contributed by atoms with Crippen molar-refractivity contribution < 1.29 is 18.1 Å². The summed E-state index contributed by atoms with van der Waals surface area (Å²) in [6.45, 7) is 0.921. The summed E-state index contributed by atoms with van der Waals surface area (Å²) in [5, 5.41) is 10.9. The standard InChI is InChI=1S/C15H17F3N4O2/c1-11(12-4-3-5-13(8-12)22(23)24)20(2)9-14-19-6-7-21(14)10-15(16,17)18/h3-8,11H,9-10H2,1-2H3. The molecule has 0 amide bonds. The maximum atomic E-state index is 12.6. The van der Waals surface area contributed by atoms with Crippen LogP contribution in [0, 0.1) is 10.1 Å². The molecule has 1 heterocycles. The number of nitrogens with zero attached hydrogens (tertiary/aromatic N) is 4. The minimum absolute atomic E-state index is 0.0219. The topological polar surface area (TPSA) is 64.2 Å². The summed E-state index contributed by atoms with van der Waals surface area (Å²) >= 11 is 0. The van der Waals surface area contributed by atoms with Crippen molar-refractivity contribution in [3.8, 4) is 0 Å². The third kappa shape index (κ3) is 4.54. The summed E-state index contributed by atoms with van der Waals surface area (Å²) in [5.41, 5.74) is 0.687. The Morgan fingerprint density at radius 3 is 2.75 bits per heavy atom. The van der Waals surface area contributed by atoms with Crippen LogP contribution in [0.5, 0.6) is 0 Å². The highest BCUT2D eigenvalue weighted by molar-refractivity contribution is 5.35. The van der Waals surface area contributed by atoms with Crippen LogP contribution < -0.4 is 0 Å². The minimum Gasteiger partial charge on any atom is -0.325 e. The van der Waals surface area contributed by atoms with Gasteiger partial charge in [0.1, 0.15) is 12.4 Å². The van der Waals surface area contributed by atoms with E-state index in [1.807, 2.05) is 6.92 Å².